The lowest BCUT2D eigenvalue weighted by molar-refractivity contribution is -0.122. The molecular weight excluding hydrogens is 488 g/mol. The van der Waals surface area contributed by atoms with E-state index in [2.05, 4.69) is 0 Å². The molecule has 34 heavy (non-hydrogen) atoms. The fraction of sp³-hybridized carbons (Fsp3) is 0.391. The van der Waals surface area contributed by atoms with Crippen molar-refractivity contribution in [3.63, 3.8) is 0 Å². The summed E-state index contributed by atoms with van der Waals surface area (Å²) in [5.41, 5.74) is 4.85. The maximum absolute atomic E-state index is 15.1. The monoisotopic (exact) mass is 509 g/mol. The molecule has 2 aromatic carbocycles. The van der Waals surface area contributed by atoms with Crippen LogP contribution in [0.25, 0.3) is 0 Å². The number of piperidine rings is 1. The summed E-state index contributed by atoms with van der Waals surface area (Å²) in [4.78, 5) is 27.3. The van der Waals surface area contributed by atoms with E-state index in [-0.39, 0.29) is 32.9 Å². The molecule has 2 aliphatic carbocycles. The normalized spacial score (nSPS) is 26.8. The van der Waals surface area contributed by atoms with Crippen molar-refractivity contribution in [1.82, 2.24) is 4.90 Å². The first-order chi connectivity index (χ1) is 15.9. The van der Waals surface area contributed by atoms with Crippen LogP contribution in [0.3, 0.4) is 0 Å². The summed E-state index contributed by atoms with van der Waals surface area (Å²) in [5, 5.41) is 4.88. The van der Waals surface area contributed by atoms with Crippen LogP contribution in [0.5, 0.6) is 0 Å². The Hall–Kier alpha value is -2.56. The van der Waals surface area contributed by atoms with Gasteiger partial charge in [-0.3, -0.25) is 9.59 Å². The molecule has 0 aromatic heterocycles. The fourth-order valence-corrected chi connectivity index (χ4v) is 6.48. The molecule has 0 bridgehead atoms. The first-order valence-corrected chi connectivity index (χ1v) is 12.8. The number of likely N-dealkylation sites (tertiary alicyclic amines) is 1. The van der Waals surface area contributed by atoms with E-state index in [1.807, 2.05) is 0 Å². The number of hydrogen-bond donors (Lipinski definition) is 2. The molecule has 3 aliphatic rings. The van der Waals surface area contributed by atoms with Gasteiger partial charge in [0.2, 0.25) is 15.9 Å². The Morgan fingerprint density at radius 2 is 1.85 bits per heavy atom. The number of fused-ring (bicyclic) bond motifs is 1. The smallest absolute Gasteiger partial charge is 0.255 e. The standard InChI is InChI=1S/C23H22ClF2N3O4S/c24-16-9-17(25)15(8-18(16)26)20(11-4-5-11)23-10-13(23)7-19(21(27)30)29(23)22(31)12-2-1-3-14(6-12)34(28,32)33/h1-3,6,8-9,11,13,19-20H,4-5,7,10H2,(H2,27,30)(H2,28,32,33)/t13?,19?,20-,23?/m1/s1. The molecule has 2 amide bonds. The average molecular weight is 510 g/mol. The number of carbonyl (C=O) groups excluding carboxylic acids is 2. The molecule has 0 radical (unpaired) electrons. The Kier molecular flexibility index (Phi) is 5.27. The number of halogens is 3. The molecular formula is C23H22ClF2N3O4S. The number of benzene rings is 2. The van der Waals surface area contributed by atoms with E-state index >= 15 is 4.39 Å². The van der Waals surface area contributed by atoms with E-state index in [9.17, 15) is 22.4 Å². The molecule has 0 spiro atoms. The highest BCUT2D eigenvalue weighted by Gasteiger charge is 2.73. The minimum Gasteiger partial charge on any atom is -0.368 e. The summed E-state index contributed by atoms with van der Waals surface area (Å²) >= 11 is 5.77. The highest BCUT2D eigenvalue weighted by molar-refractivity contribution is 7.89. The second kappa shape index (κ2) is 7.73. The van der Waals surface area contributed by atoms with Crippen LogP contribution in [-0.2, 0) is 14.8 Å². The lowest BCUT2D eigenvalue weighted by Gasteiger charge is -2.39. The molecule has 4 atom stereocenters. The Bertz CT molecular complexity index is 1330. The topological polar surface area (TPSA) is 124 Å². The number of carbonyl (C=O) groups is 2. The van der Waals surface area contributed by atoms with Crippen molar-refractivity contribution < 1.29 is 26.8 Å². The Labute approximate surface area is 200 Å². The van der Waals surface area contributed by atoms with Gasteiger partial charge >= 0.3 is 0 Å². The Morgan fingerprint density at radius 1 is 1.15 bits per heavy atom. The van der Waals surface area contributed by atoms with Crippen LogP contribution in [0.15, 0.2) is 41.3 Å². The van der Waals surface area contributed by atoms with Crippen molar-refractivity contribution in [2.75, 3.05) is 0 Å². The number of amides is 2. The third-order valence-electron chi connectivity index (χ3n) is 7.35. The maximum atomic E-state index is 15.1. The van der Waals surface area contributed by atoms with Gasteiger partial charge in [0.05, 0.1) is 15.5 Å². The average Bonchev–Trinajstić information content (AvgIpc) is 3.69. The summed E-state index contributed by atoms with van der Waals surface area (Å²) in [5.74, 6) is -3.43. The highest BCUT2D eigenvalue weighted by atomic mass is 35.5. The minimum absolute atomic E-state index is 0.00208. The van der Waals surface area contributed by atoms with Crippen LogP contribution in [0.1, 0.15) is 47.5 Å². The van der Waals surface area contributed by atoms with E-state index < -0.39 is 51.0 Å². The second-order valence-electron chi connectivity index (χ2n) is 9.40. The predicted molar refractivity (Wildman–Crippen MR) is 119 cm³/mol. The third-order valence-corrected chi connectivity index (χ3v) is 8.55. The molecule has 11 heteroatoms. The summed E-state index contributed by atoms with van der Waals surface area (Å²) in [6.45, 7) is 0. The van der Waals surface area contributed by atoms with Crippen molar-refractivity contribution in [2.24, 2.45) is 22.7 Å². The van der Waals surface area contributed by atoms with Gasteiger partial charge in [0.25, 0.3) is 5.91 Å². The van der Waals surface area contributed by atoms with Crippen LogP contribution >= 0.6 is 11.6 Å². The zero-order valence-electron chi connectivity index (χ0n) is 17.9. The summed E-state index contributed by atoms with van der Waals surface area (Å²) < 4.78 is 53.1. The van der Waals surface area contributed by atoms with E-state index in [4.69, 9.17) is 22.5 Å². The number of hydrogen-bond acceptors (Lipinski definition) is 4. The number of primary sulfonamides is 1. The van der Waals surface area contributed by atoms with Crippen LogP contribution < -0.4 is 10.9 Å². The first-order valence-electron chi connectivity index (χ1n) is 10.9. The van der Waals surface area contributed by atoms with Crippen molar-refractivity contribution in [1.29, 1.82) is 0 Å². The quantitative estimate of drug-likeness (QED) is 0.581. The number of rotatable bonds is 6. The highest BCUT2D eigenvalue weighted by Crippen LogP contribution is 2.69. The number of nitrogens with two attached hydrogens (primary N) is 2. The number of primary amides is 1. The van der Waals surface area contributed by atoms with E-state index in [1.165, 1.54) is 23.1 Å². The maximum Gasteiger partial charge on any atom is 0.255 e. The third kappa shape index (κ3) is 3.59. The molecule has 5 rings (SSSR count). The van der Waals surface area contributed by atoms with Gasteiger partial charge in [-0.15, -0.1) is 0 Å². The molecule has 3 unspecified atom stereocenters. The van der Waals surface area contributed by atoms with E-state index in [1.54, 1.807) is 0 Å². The Morgan fingerprint density at radius 3 is 2.47 bits per heavy atom. The van der Waals surface area contributed by atoms with Gasteiger partial charge in [-0.05, 0) is 73.4 Å². The zero-order valence-corrected chi connectivity index (χ0v) is 19.5. The minimum atomic E-state index is -4.07. The number of sulfonamides is 1. The van der Waals surface area contributed by atoms with Crippen molar-refractivity contribution in [2.45, 2.75) is 48.1 Å². The van der Waals surface area contributed by atoms with Gasteiger partial charge in [0.1, 0.15) is 17.7 Å². The lowest BCUT2D eigenvalue weighted by atomic mass is 9.82. The largest absolute Gasteiger partial charge is 0.368 e. The molecule has 4 N–H and O–H groups in total. The molecule has 2 aromatic rings. The van der Waals surface area contributed by atoms with E-state index in [0.29, 0.717) is 12.8 Å². The van der Waals surface area contributed by atoms with Crippen molar-refractivity contribution in [3.05, 3.63) is 64.2 Å². The summed E-state index contributed by atoms with van der Waals surface area (Å²) in [6.07, 6.45) is 2.35. The van der Waals surface area contributed by atoms with Crippen LogP contribution in [0.4, 0.5) is 8.78 Å². The lowest BCUT2D eigenvalue weighted by Crippen LogP contribution is -2.53. The molecule has 180 valence electrons. The molecule has 1 aliphatic heterocycles. The number of nitrogens with zero attached hydrogens (tertiary/aromatic N) is 1. The van der Waals surface area contributed by atoms with Gasteiger partial charge in [0, 0.05) is 11.5 Å². The SMILES string of the molecule is NC(=O)C1CC2CC2([C@@H](c2cc(F)c(Cl)cc2F)C2CC2)N1C(=O)c1cccc(S(N)(=O)=O)c1. The van der Waals surface area contributed by atoms with Crippen molar-refractivity contribution in [3.8, 4) is 0 Å². The predicted octanol–water partition coefficient (Wildman–Crippen LogP) is 2.92. The van der Waals surface area contributed by atoms with Crippen molar-refractivity contribution >= 4 is 33.4 Å². The van der Waals surface area contributed by atoms with Crippen LogP contribution in [0, 0.1) is 23.5 Å². The van der Waals surface area contributed by atoms with Gasteiger partial charge in [0.15, 0.2) is 0 Å². The second-order valence-corrected chi connectivity index (χ2v) is 11.4. The van der Waals surface area contributed by atoms with Gasteiger partial charge in [-0.25, -0.2) is 22.3 Å². The fourth-order valence-electron chi connectivity index (χ4n) is 5.77. The summed E-state index contributed by atoms with van der Waals surface area (Å²) in [7, 11) is -4.07. The first kappa shape index (κ1) is 23.2. The Balaban J connectivity index is 1.63. The molecule has 3 fully saturated rings. The zero-order chi connectivity index (χ0) is 24.6. The van der Waals surface area contributed by atoms with Crippen LogP contribution in [0.2, 0.25) is 5.02 Å². The van der Waals surface area contributed by atoms with E-state index in [0.717, 1.165) is 31.0 Å². The van der Waals surface area contributed by atoms with Gasteiger partial charge in [-0.2, -0.15) is 0 Å². The van der Waals surface area contributed by atoms with Gasteiger partial charge in [-0.1, -0.05) is 17.7 Å². The molecule has 1 heterocycles. The van der Waals surface area contributed by atoms with Gasteiger partial charge < -0.3 is 10.6 Å². The molecule has 7 nitrogen and oxygen atoms in total. The molecule has 1 saturated heterocycles. The molecule has 2 saturated carbocycles. The summed E-state index contributed by atoms with van der Waals surface area (Å²) in [6, 6.07) is 6.26. The van der Waals surface area contributed by atoms with Crippen LogP contribution in [-0.4, -0.2) is 36.7 Å².